The number of fused-ring (bicyclic) bond motifs is 1. The van der Waals surface area contributed by atoms with Crippen LogP contribution in [0.15, 0.2) is 72.9 Å². The number of hydrogen-bond acceptors (Lipinski definition) is 0. The van der Waals surface area contributed by atoms with Crippen molar-refractivity contribution < 1.29 is 9.13 Å². The SMILES string of the molecule is CC(C)c1cc[n+](C)c(-c2n(-c3ccccc3)c3ccccc3[n+]2C)c1. The van der Waals surface area contributed by atoms with E-state index in [4.69, 9.17) is 0 Å². The van der Waals surface area contributed by atoms with E-state index in [0.29, 0.717) is 5.92 Å². The normalized spacial score (nSPS) is 11.4. The maximum Gasteiger partial charge on any atom is 0.360 e. The zero-order valence-electron chi connectivity index (χ0n) is 15.8. The number of imidazole rings is 1. The van der Waals surface area contributed by atoms with E-state index < -0.39 is 0 Å². The lowest BCUT2D eigenvalue weighted by molar-refractivity contribution is -0.680. The predicted molar refractivity (Wildman–Crippen MR) is 105 cm³/mol. The van der Waals surface area contributed by atoms with Gasteiger partial charge in [0.2, 0.25) is 0 Å². The van der Waals surface area contributed by atoms with Gasteiger partial charge in [-0.2, -0.15) is 9.13 Å². The monoisotopic (exact) mass is 343 g/mol. The molecule has 0 N–H and O–H groups in total. The van der Waals surface area contributed by atoms with Crippen LogP contribution in [0.2, 0.25) is 0 Å². The standard InChI is InChI=1S/C23H25N3/c1-17(2)18-14-15-24(3)22(16-18)23-25(4)20-12-8-9-13-21(20)26(23)19-10-6-5-7-11-19/h5-17H,1-4H3/q+2. The predicted octanol–water partition coefficient (Wildman–Crippen LogP) is 4.07. The van der Waals surface area contributed by atoms with Gasteiger partial charge >= 0.3 is 5.82 Å². The molecule has 0 amide bonds. The zero-order chi connectivity index (χ0) is 18.3. The fourth-order valence-electron chi connectivity index (χ4n) is 3.61. The van der Waals surface area contributed by atoms with Gasteiger partial charge in [-0.3, -0.25) is 0 Å². The average Bonchev–Trinajstić information content (AvgIpc) is 2.95. The Morgan fingerprint density at radius 2 is 1.54 bits per heavy atom. The summed E-state index contributed by atoms with van der Waals surface area (Å²) in [5.74, 6) is 1.68. The molecular weight excluding hydrogens is 318 g/mol. The van der Waals surface area contributed by atoms with Crippen molar-refractivity contribution in [3.63, 3.8) is 0 Å². The Kier molecular flexibility index (Phi) is 4.08. The second kappa shape index (κ2) is 6.41. The second-order valence-corrected chi connectivity index (χ2v) is 7.15. The first-order valence-electron chi connectivity index (χ1n) is 9.13. The lowest BCUT2D eigenvalue weighted by Gasteiger charge is -2.06. The van der Waals surface area contributed by atoms with Crippen LogP contribution in [0.4, 0.5) is 0 Å². The molecule has 0 atom stereocenters. The van der Waals surface area contributed by atoms with Crippen LogP contribution in [-0.2, 0) is 14.1 Å². The molecule has 0 unspecified atom stereocenters. The highest BCUT2D eigenvalue weighted by atomic mass is 15.2. The number of rotatable bonds is 3. The van der Waals surface area contributed by atoms with Gasteiger partial charge in [0.15, 0.2) is 17.2 Å². The highest BCUT2D eigenvalue weighted by molar-refractivity contribution is 5.78. The van der Waals surface area contributed by atoms with Crippen LogP contribution in [-0.4, -0.2) is 4.57 Å². The smallest absolute Gasteiger partial charge is 0.220 e. The van der Waals surface area contributed by atoms with Crippen LogP contribution in [0.5, 0.6) is 0 Å². The Labute approximate surface area is 154 Å². The summed E-state index contributed by atoms with van der Waals surface area (Å²) < 4.78 is 6.86. The van der Waals surface area contributed by atoms with Gasteiger partial charge < -0.3 is 0 Å². The first kappa shape index (κ1) is 16.5. The minimum absolute atomic E-state index is 0.495. The third-order valence-corrected chi connectivity index (χ3v) is 5.10. The molecular formula is C23H25N3+2. The molecule has 4 aromatic rings. The summed E-state index contributed by atoms with van der Waals surface area (Å²) in [6, 6.07) is 23.7. The van der Waals surface area contributed by atoms with Crippen molar-refractivity contribution in [1.82, 2.24) is 4.57 Å². The van der Waals surface area contributed by atoms with Crippen LogP contribution in [0, 0.1) is 0 Å². The highest BCUT2D eigenvalue weighted by Crippen LogP contribution is 2.26. The first-order chi connectivity index (χ1) is 12.6. The van der Waals surface area contributed by atoms with Crippen molar-refractivity contribution in [3.8, 4) is 17.2 Å². The third kappa shape index (κ3) is 2.60. The molecule has 0 aliphatic rings. The molecule has 2 aromatic heterocycles. The Bertz CT molecular complexity index is 1080. The minimum Gasteiger partial charge on any atom is -0.220 e. The Morgan fingerprint density at radius 3 is 2.27 bits per heavy atom. The maximum absolute atomic E-state index is 2.36. The Balaban J connectivity index is 2.11. The molecule has 0 saturated heterocycles. The van der Waals surface area contributed by atoms with Gasteiger partial charge in [0, 0.05) is 12.1 Å². The van der Waals surface area contributed by atoms with Crippen molar-refractivity contribution in [1.29, 1.82) is 0 Å². The third-order valence-electron chi connectivity index (χ3n) is 5.10. The molecule has 2 aromatic carbocycles. The van der Waals surface area contributed by atoms with E-state index in [0.717, 1.165) is 0 Å². The Morgan fingerprint density at radius 1 is 0.846 bits per heavy atom. The molecule has 0 fully saturated rings. The topological polar surface area (TPSA) is 12.7 Å². The molecule has 0 spiro atoms. The van der Waals surface area contributed by atoms with E-state index in [-0.39, 0.29) is 0 Å². The van der Waals surface area contributed by atoms with E-state index in [1.807, 2.05) is 0 Å². The van der Waals surface area contributed by atoms with Gasteiger partial charge in [0.05, 0.1) is 7.05 Å². The lowest BCUT2D eigenvalue weighted by atomic mass is 10.0. The molecule has 0 aliphatic carbocycles. The number of hydrogen-bond donors (Lipinski definition) is 0. The number of aryl methyl sites for hydroxylation is 2. The molecule has 0 radical (unpaired) electrons. The highest BCUT2D eigenvalue weighted by Gasteiger charge is 2.31. The fraction of sp³-hybridized carbons (Fsp3) is 0.217. The van der Waals surface area contributed by atoms with Crippen LogP contribution in [0.3, 0.4) is 0 Å². The molecule has 26 heavy (non-hydrogen) atoms. The number of para-hydroxylation sites is 3. The fourth-order valence-corrected chi connectivity index (χ4v) is 3.61. The first-order valence-corrected chi connectivity index (χ1v) is 9.13. The van der Waals surface area contributed by atoms with Crippen LogP contribution in [0.1, 0.15) is 25.3 Å². The summed E-state index contributed by atoms with van der Waals surface area (Å²) in [5, 5.41) is 0. The van der Waals surface area contributed by atoms with Crippen LogP contribution in [0.25, 0.3) is 28.2 Å². The number of nitrogens with zero attached hydrogens (tertiary/aromatic N) is 3. The molecule has 0 bridgehead atoms. The average molecular weight is 343 g/mol. The van der Waals surface area contributed by atoms with Crippen molar-refractivity contribution in [2.75, 3.05) is 0 Å². The number of aromatic nitrogens is 3. The summed E-state index contributed by atoms with van der Waals surface area (Å²) in [7, 11) is 4.27. The van der Waals surface area contributed by atoms with Crippen molar-refractivity contribution in [2.45, 2.75) is 19.8 Å². The van der Waals surface area contributed by atoms with E-state index in [9.17, 15) is 0 Å². The van der Waals surface area contributed by atoms with Gasteiger partial charge in [-0.15, -0.1) is 0 Å². The summed E-state index contributed by atoms with van der Waals surface area (Å²) >= 11 is 0. The molecule has 3 nitrogen and oxygen atoms in total. The summed E-state index contributed by atoms with van der Waals surface area (Å²) in [4.78, 5) is 0. The summed E-state index contributed by atoms with van der Waals surface area (Å²) in [5.41, 5.74) is 6.17. The zero-order valence-corrected chi connectivity index (χ0v) is 15.8. The number of pyridine rings is 1. The largest absolute Gasteiger partial charge is 0.360 e. The van der Waals surface area contributed by atoms with Gasteiger partial charge in [-0.05, 0) is 35.7 Å². The van der Waals surface area contributed by atoms with Crippen LogP contribution < -0.4 is 9.13 Å². The van der Waals surface area contributed by atoms with Crippen molar-refractivity contribution in [2.24, 2.45) is 14.1 Å². The maximum atomic E-state index is 2.36. The Hall–Kier alpha value is -2.94. The molecule has 0 saturated carbocycles. The summed E-state index contributed by atoms with van der Waals surface area (Å²) in [6.07, 6.45) is 2.16. The number of benzene rings is 2. The minimum atomic E-state index is 0.495. The van der Waals surface area contributed by atoms with Gasteiger partial charge in [0.25, 0.3) is 5.69 Å². The van der Waals surface area contributed by atoms with Gasteiger partial charge in [-0.1, -0.05) is 44.2 Å². The molecule has 130 valence electrons. The van der Waals surface area contributed by atoms with Crippen molar-refractivity contribution >= 4 is 11.0 Å². The second-order valence-electron chi connectivity index (χ2n) is 7.15. The lowest BCUT2D eigenvalue weighted by Crippen LogP contribution is -2.38. The van der Waals surface area contributed by atoms with E-state index >= 15 is 0 Å². The van der Waals surface area contributed by atoms with E-state index in [2.05, 4.69) is 115 Å². The molecule has 2 heterocycles. The summed E-state index contributed by atoms with van der Waals surface area (Å²) in [6.45, 7) is 4.48. The molecule has 4 rings (SSSR count). The molecule has 0 aliphatic heterocycles. The van der Waals surface area contributed by atoms with Crippen LogP contribution >= 0.6 is 0 Å². The van der Waals surface area contributed by atoms with E-state index in [1.165, 1.54) is 33.8 Å². The van der Waals surface area contributed by atoms with Gasteiger partial charge in [0.1, 0.15) is 12.7 Å². The van der Waals surface area contributed by atoms with Crippen molar-refractivity contribution in [3.05, 3.63) is 78.5 Å². The molecule has 3 heteroatoms. The quantitative estimate of drug-likeness (QED) is 0.497. The van der Waals surface area contributed by atoms with E-state index in [1.54, 1.807) is 0 Å². The van der Waals surface area contributed by atoms with Gasteiger partial charge in [-0.25, -0.2) is 4.57 Å².